The van der Waals surface area contributed by atoms with Crippen molar-refractivity contribution in [3.63, 3.8) is 0 Å². The first kappa shape index (κ1) is 18.2. The average molecular weight is 348 g/mol. The highest BCUT2D eigenvalue weighted by Gasteiger charge is 2.18. The molecule has 0 spiro atoms. The van der Waals surface area contributed by atoms with E-state index in [2.05, 4.69) is 86.6 Å². The Morgan fingerprint density at radius 1 is 0.731 bits per heavy atom. The van der Waals surface area contributed by atoms with E-state index in [-0.39, 0.29) is 11.1 Å². The summed E-state index contributed by atoms with van der Waals surface area (Å²) in [7, 11) is 0. The lowest BCUT2D eigenvalue weighted by molar-refractivity contribution is 0.564. The molecule has 0 amide bonds. The Bertz CT molecular complexity index is 877. The van der Waals surface area contributed by atoms with Crippen LogP contribution >= 0.6 is 0 Å². The van der Waals surface area contributed by atoms with Crippen LogP contribution in [0.5, 0.6) is 0 Å². The average Bonchev–Trinajstić information content (AvgIpc) is 2.53. The highest BCUT2D eigenvalue weighted by molar-refractivity contribution is 5.86. The Morgan fingerprint density at radius 2 is 1.42 bits per heavy atom. The summed E-state index contributed by atoms with van der Waals surface area (Å²) in [6.07, 6.45) is 4.58. The van der Waals surface area contributed by atoms with E-state index in [1.54, 1.807) is 0 Å². The first-order valence-electron chi connectivity index (χ1n) is 9.19. The molecule has 3 nitrogen and oxygen atoms in total. The molecule has 136 valence electrons. The number of hydrogen-bond acceptors (Lipinski definition) is 3. The molecule has 0 radical (unpaired) electrons. The first-order valence-corrected chi connectivity index (χ1v) is 9.19. The summed E-state index contributed by atoms with van der Waals surface area (Å²) < 4.78 is 0. The van der Waals surface area contributed by atoms with E-state index in [9.17, 15) is 0 Å². The van der Waals surface area contributed by atoms with Crippen LogP contribution in [0.25, 0.3) is 10.8 Å². The van der Waals surface area contributed by atoms with Crippen LogP contribution in [0.2, 0.25) is 0 Å². The Balaban J connectivity index is 1.81. The SMILES string of the molecule is CC(C)(C)Nc1ccc2ccc(CC(C)(C)Nc3ccncc3)cc2c1. The number of nitrogens with zero attached hydrogens (tertiary/aromatic N) is 1. The summed E-state index contributed by atoms with van der Waals surface area (Å²) in [4.78, 5) is 4.08. The van der Waals surface area contributed by atoms with Gasteiger partial charge >= 0.3 is 0 Å². The third kappa shape index (κ3) is 4.98. The minimum absolute atomic E-state index is 0.0453. The molecule has 3 aromatic rings. The second-order valence-corrected chi connectivity index (χ2v) is 8.69. The van der Waals surface area contributed by atoms with Crippen molar-refractivity contribution in [3.05, 3.63) is 66.5 Å². The summed E-state index contributed by atoms with van der Waals surface area (Å²) in [5, 5.41) is 9.71. The topological polar surface area (TPSA) is 37.0 Å². The highest BCUT2D eigenvalue weighted by Crippen LogP contribution is 2.25. The van der Waals surface area contributed by atoms with Gasteiger partial charge in [-0.1, -0.05) is 24.3 Å². The lowest BCUT2D eigenvalue weighted by Crippen LogP contribution is -2.33. The molecule has 0 fully saturated rings. The van der Waals surface area contributed by atoms with Crippen LogP contribution < -0.4 is 10.6 Å². The Hall–Kier alpha value is -2.55. The number of anilines is 2. The molecule has 0 saturated carbocycles. The monoisotopic (exact) mass is 347 g/mol. The van der Waals surface area contributed by atoms with Gasteiger partial charge in [0.15, 0.2) is 0 Å². The predicted molar refractivity (Wildman–Crippen MR) is 113 cm³/mol. The number of rotatable bonds is 5. The van der Waals surface area contributed by atoms with Crippen molar-refractivity contribution < 1.29 is 0 Å². The third-order valence-corrected chi connectivity index (χ3v) is 4.23. The van der Waals surface area contributed by atoms with E-state index in [4.69, 9.17) is 0 Å². The Kier molecular flexibility index (Phi) is 4.90. The molecule has 0 atom stereocenters. The lowest BCUT2D eigenvalue weighted by atomic mass is 9.93. The van der Waals surface area contributed by atoms with Crippen molar-refractivity contribution in [2.24, 2.45) is 0 Å². The Morgan fingerprint density at radius 3 is 2.12 bits per heavy atom. The second-order valence-electron chi connectivity index (χ2n) is 8.69. The van der Waals surface area contributed by atoms with Crippen molar-refractivity contribution in [1.82, 2.24) is 4.98 Å². The molecular weight excluding hydrogens is 318 g/mol. The van der Waals surface area contributed by atoms with E-state index in [0.717, 1.165) is 17.8 Å². The van der Waals surface area contributed by atoms with E-state index in [0.29, 0.717) is 0 Å². The van der Waals surface area contributed by atoms with Crippen LogP contribution in [0.15, 0.2) is 60.9 Å². The number of fused-ring (bicyclic) bond motifs is 1. The minimum atomic E-state index is -0.0453. The van der Waals surface area contributed by atoms with Crippen LogP contribution in [0, 0.1) is 0 Å². The van der Waals surface area contributed by atoms with Gasteiger partial charge in [-0.3, -0.25) is 4.98 Å². The maximum Gasteiger partial charge on any atom is 0.0375 e. The third-order valence-electron chi connectivity index (χ3n) is 4.23. The zero-order valence-electron chi connectivity index (χ0n) is 16.4. The fourth-order valence-electron chi connectivity index (χ4n) is 3.30. The van der Waals surface area contributed by atoms with Gasteiger partial charge in [-0.25, -0.2) is 0 Å². The normalized spacial score (nSPS) is 12.2. The van der Waals surface area contributed by atoms with Crippen molar-refractivity contribution in [1.29, 1.82) is 0 Å². The molecule has 1 heterocycles. The quantitative estimate of drug-likeness (QED) is 0.605. The molecule has 0 bridgehead atoms. The van der Waals surface area contributed by atoms with Crippen molar-refractivity contribution in [2.45, 2.75) is 52.1 Å². The summed E-state index contributed by atoms with van der Waals surface area (Å²) in [6.45, 7) is 11.0. The summed E-state index contributed by atoms with van der Waals surface area (Å²) in [5.41, 5.74) is 3.61. The van der Waals surface area contributed by atoms with Gasteiger partial charge < -0.3 is 10.6 Å². The molecule has 26 heavy (non-hydrogen) atoms. The number of benzene rings is 2. The summed E-state index contributed by atoms with van der Waals surface area (Å²) in [6, 6.07) is 17.4. The van der Waals surface area contributed by atoms with Gasteiger partial charge in [0, 0.05) is 34.8 Å². The molecular formula is C23H29N3. The van der Waals surface area contributed by atoms with Gasteiger partial charge in [0.25, 0.3) is 0 Å². The van der Waals surface area contributed by atoms with Crippen LogP contribution in [0.1, 0.15) is 40.2 Å². The number of hydrogen-bond donors (Lipinski definition) is 2. The zero-order chi connectivity index (χ0) is 18.8. The van der Waals surface area contributed by atoms with Crippen LogP contribution in [-0.2, 0) is 6.42 Å². The minimum Gasteiger partial charge on any atom is -0.380 e. The Labute approximate surface area is 156 Å². The van der Waals surface area contributed by atoms with E-state index < -0.39 is 0 Å². The fraction of sp³-hybridized carbons (Fsp3) is 0.348. The van der Waals surface area contributed by atoms with E-state index >= 15 is 0 Å². The van der Waals surface area contributed by atoms with E-state index in [1.807, 2.05) is 24.5 Å². The number of pyridine rings is 1. The summed E-state index contributed by atoms with van der Waals surface area (Å²) in [5.74, 6) is 0. The molecule has 0 unspecified atom stereocenters. The van der Waals surface area contributed by atoms with Crippen LogP contribution in [0.3, 0.4) is 0 Å². The predicted octanol–water partition coefficient (Wildman–Crippen LogP) is 5.88. The maximum atomic E-state index is 4.08. The van der Waals surface area contributed by atoms with Crippen LogP contribution in [0.4, 0.5) is 11.4 Å². The van der Waals surface area contributed by atoms with Gasteiger partial charge in [0.1, 0.15) is 0 Å². The van der Waals surface area contributed by atoms with E-state index in [1.165, 1.54) is 16.3 Å². The second kappa shape index (κ2) is 6.99. The molecule has 0 saturated heterocycles. The fourth-order valence-corrected chi connectivity index (χ4v) is 3.30. The summed E-state index contributed by atoms with van der Waals surface area (Å²) >= 11 is 0. The lowest BCUT2D eigenvalue weighted by Gasteiger charge is -2.28. The van der Waals surface area contributed by atoms with Crippen LogP contribution in [-0.4, -0.2) is 16.1 Å². The highest BCUT2D eigenvalue weighted by atomic mass is 15.0. The van der Waals surface area contributed by atoms with Gasteiger partial charge in [0.2, 0.25) is 0 Å². The number of aromatic nitrogens is 1. The standard InChI is InChI=1S/C23H29N3/c1-22(2,3)25-21-9-8-18-7-6-17(14-19(18)15-21)16-23(4,5)26-20-10-12-24-13-11-20/h6-15,25H,16H2,1-5H3,(H,24,26). The van der Waals surface area contributed by atoms with Gasteiger partial charge in [-0.2, -0.15) is 0 Å². The zero-order valence-corrected chi connectivity index (χ0v) is 16.4. The van der Waals surface area contributed by atoms with Gasteiger partial charge in [-0.05, 0) is 81.6 Å². The molecule has 2 N–H and O–H groups in total. The molecule has 3 rings (SSSR count). The molecule has 0 aliphatic heterocycles. The maximum absolute atomic E-state index is 4.08. The van der Waals surface area contributed by atoms with Crippen molar-refractivity contribution >= 4 is 22.1 Å². The smallest absolute Gasteiger partial charge is 0.0375 e. The van der Waals surface area contributed by atoms with Crippen molar-refractivity contribution in [3.8, 4) is 0 Å². The molecule has 0 aliphatic rings. The molecule has 0 aliphatic carbocycles. The molecule has 2 aromatic carbocycles. The van der Waals surface area contributed by atoms with Gasteiger partial charge in [-0.15, -0.1) is 0 Å². The molecule has 3 heteroatoms. The first-order chi connectivity index (χ1) is 12.2. The number of nitrogens with one attached hydrogen (secondary N) is 2. The van der Waals surface area contributed by atoms with Gasteiger partial charge in [0.05, 0.1) is 0 Å². The van der Waals surface area contributed by atoms with Crippen molar-refractivity contribution in [2.75, 3.05) is 10.6 Å². The largest absolute Gasteiger partial charge is 0.380 e. The molecule has 1 aromatic heterocycles.